The van der Waals surface area contributed by atoms with Crippen LogP contribution in [0.5, 0.6) is 5.75 Å². The number of H-pyrrole nitrogens is 1. The zero-order valence-corrected chi connectivity index (χ0v) is 10.5. The van der Waals surface area contributed by atoms with Crippen molar-refractivity contribution in [2.75, 3.05) is 7.11 Å². The van der Waals surface area contributed by atoms with Crippen LogP contribution in [0.4, 0.5) is 0 Å². The second-order valence-corrected chi connectivity index (χ2v) is 4.94. The van der Waals surface area contributed by atoms with Crippen LogP contribution in [-0.4, -0.2) is 17.3 Å². The molecular weight excluding hydrogens is 258 g/mol. The SMILES string of the molecule is COc1ccc(-c2n[n+]3[nH]c(=S)sc3o2)cc1. The lowest BCUT2D eigenvalue weighted by Crippen LogP contribution is -2.23. The summed E-state index contributed by atoms with van der Waals surface area (Å²) >= 11 is 6.33. The molecule has 0 unspecified atom stereocenters. The summed E-state index contributed by atoms with van der Waals surface area (Å²) in [5.41, 5.74) is 0.890. The van der Waals surface area contributed by atoms with Crippen LogP contribution in [0.2, 0.25) is 0 Å². The highest BCUT2D eigenvalue weighted by atomic mass is 32.1. The molecule has 17 heavy (non-hydrogen) atoms. The first-order valence-corrected chi connectivity index (χ1v) is 6.05. The molecule has 7 heteroatoms. The van der Waals surface area contributed by atoms with E-state index in [1.807, 2.05) is 24.3 Å². The van der Waals surface area contributed by atoms with Crippen LogP contribution in [0.25, 0.3) is 16.5 Å². The van der Waals surface area contributed by atoms with Crippen LogP contribution in [-0.2, 0) is 0 Å². The van der Waals surface area contributed by atoms with Gasteiger partial charge in [-0.3, -0.25) is 0 Å². The Bertz CT molecular complexity index is 677. The van der Waals surface area contributed by atoms with E-state index in [0.717, 1.165) is 11.3 Å². The smallest absolute Gasteiger partial charge is 0.496 e. The molecule has 0 saturated heterocycles. The molecule has 3 aromatic rings. The van der Waals surface area contributed by atoms with Crippen LogP contribution in [0, 0.1) is 3.95 Å². The molecular formula is C10H8N3O2S2+. The first kappa shape index (κ1) is 10.4. The number of hydrogen-bond acceptors (Lipinski definition) is 5. The summed E-state index contributed by atoms with van der Waals surface area (Å²) in [4.78, 5) is 0. The molecule has 0 aliphatic carbocycles. The number of methoxy groups -OCH3 is 1. The molecule has 1 aromatic carbocycles. The third-order valence-electron chi connectivity index (χ3n) is 2.26. The van der Waals surface area contributed by atoms with Gasteiger partial charge in [-0.2, -0.15) is 0 Å². The number of fused-ring (bicyclic) bond motifs is 1. The summed E-state index contributed by atoms with van der Waals surface area (Å²) in [6.45, 7) is 0. The van der Waals surface area contributed by atoms with Crippen molar-refractivity contribution in [1.29, 1.82) is 0 Å². The van der Waals surface area contributed by atoms with E-state index >= 15 is 0 Å². The largest absolute Gasteiger partial charge is 0.497 e. The summed E-state index contributed by atoms with van der Waals surface area (Å²) < 4.78 is 12.8. The standard InChI is InChI=1S/C10H7N3O2S2/c1-14-7-4-2-6(3-5-7)8-11-13-10(15-8)17-9(16)12-13/h2-5H,1H3/p+1. The molecule has 0 radical (unpaired) electrons. The molecule has 2 heterocycles. The normalized spacial score (nSPS) is 10.9. The van der Waals surface area contributed by atoms with Gasteiger partial charge >= 0.3 is 10.9 Å². The Labute approximate surface area is 105 Å². The van der Waals surface area contributed by atoms with Gasteiger partial charge < -0.3 is 9.15 Å². The van der Waals surface area contributed by atoms with Gasteiger partial charge in [-0.05, 0) is 36.5 Å². The summed E-state index contributed by atoms with van der Waals surface area (Å²) in [6, 6.07) is 7.51. The number of nitrogens with zero attached hydrogens (tertiary/aromatic N) is 2. The van der Waals surface area contributed by atoms with Gasteiger partial charge in [0.15, 0.2) is 0 Å². The van der Waals surface area contributed by atoms with E-state index in [0.29, 0.717) is 14.9 Å². The Morgan fingerprint density at radius 2 is 2.18 bits per heavy atom. The van der Waals surface area contributed by atoms with Gasteiger partial charge in [-0.1, -0.05) is 0 Å². The maximum atomic E-state index is 5.58. The second kappa shape index (κ2) is 3.94. The highest BCUT2D eigenvalue weighted by Gasteiger charge is 2.18. The van der Waals surface area contributed by atoms with Crippen LogP contribution in [0.3, 0.4) is 0 Å². The van der Waals surface area contributed by atoms with Crippen LogP contribution in [0.15, 0.2) is 28.7 Å². The predicted octanol–water partition coefficient (Wildman–Crippen LogP) is 2.21. The molecule has 86 valence electrons. The lowest BCUT2D eigenvalue weighted by atomic mass is 10.2. The van der Waals surface area contributed by atoms with E-state index in [2.05, 4.69) is 10.2 Å². The molecule has 2 aromatic heterocycles. The van der Waals surface area contributed by atoms with Crippen LogP contribution < -0.4 is 9.37 Å². The number of benzene rings is 1. The van der Waals surface area contributed by atoms with Crippen molar-refractivity contribution < 1.29 is 13.8 Å². The van der Waals surface area contributed by atoms with Gasteiger partial charge in [0, 0.05) is 16.9 Å². The van der Waals surface area contributed by atoms with E-state index in [9.17, 15) is 0 Å². The summed E-state index contributed by atoms with van der Waals surface area (Å²) in [5, 5.41) is 7.79. The molecule has 0 fully saturated rings. The minimum atomic E-state index is 0.546. The lowest BCUT2D eigenvalue weighted by molar-refractivity contribution is -0.638. The average Bonchev–Trinajstić information content (AvgIpc) is 2.86. The molecule has 0 aliphatic rings. The van der Waals surface area contributed by atoms with Gasteiger partial charge in [0.2, 0.25) is 3.95 Å². The van der Waals surface area contributed by atoms with Crippen molar-refractivity contribution in [2.45, 2.75) is 0 Å². The monoisotopic (exact) mass is 266 g/mol. The van der Waals surface area contributed by atoms with Gasteiger partial charge in [-0.25, -0.2) is 0 Å². The first-order chi connectivity index (χ1) is 8.26. The van der Waals surface area contributed by atoms with Crippen molar-refractivity contribution in [3.63, 3.8) is 0 Å². The Morgan fingerprint density at radius 3 is 2.82 bits per heavy atom. The van der Waals surface area contributed by atoms with Crippen molar-refractivity contribution in [3.05, 3.63) is 28.2 Å². The number of ether oxygens (including phenoxy) is 1. The molecule has 0 atom stereocenters. The summed E-state index contributed by atoms with van der Waals surface area (Å²) in [7, 11) is 1.63. The number of hydrogen-bond donors (Lipinski definition) is 1. The molecule has 0 spiro atoms. The number of aromatic amines is 1. The number of nitrogens with one attached hydrogen (secondary N) is 1. The fraction of sp³-hybridized carbons (Fsp3) is 0.100. The van der Waals surface area contributed by atoms with Gasteiger partial charge in [0.25, 0.3) is 0 Å². The van der Waals surface area contributed by atoms with Crippen LogP contribution in [0.1, 0.15) is 0 Å². The van der Waals surface area contributed by atoms with Gasteiger partial charge in [-0.15, -0.1) is 5.10 Å². The third kappa shape index (κ3) is 1.83. The maximum absolute atomic E-state index is 5.58. The zero-order chi connectivity index (χ0) is 11.8. The van der Waals surface area contributed by atoms with E-state index in [1.54, 1.807) is 7.11 Å². The Hall–Kier alpha value is -1.73. The average molecular weight is 266 g/mol. The Morgan fingerprint density at radius 1 is 1.41 bits per heavy atom. The molecule has 0 amide bonds. The highest BCUT2D eigenvalue weighted by Crippen LogP contribution is 2.21. The van der Waals surface area contributed by atoms with Crippen molar-refractivity contribution in [2.24, 2.45) is 0 Å². The topological polar surface area (TPSA) is 55.1 Å². The fourth-order valence-electron chi connectivity index (χ4n) is 1.45. The van der Waals surface area contributed by atoms with Gasteiger partial charge in [0.05, 0.1) is 16.8 Å². The fourth-order valence-corrected chi connectivity index (χ4v) is 2.34. The van der Waals surface area contributed by atoms with Gasteiger partial charge in [0.1, 0.15) is 5.75 Å². The number of rotatable bonds is 2. The van der Waals surface area contributed by atoms with E-state index < -0.39 is 0 Å². The summed E-state index contributed by atoms with van der Waals surface area (Å²) in [6.07, 6.45) is 0. The van der Waals surface area contributed by atoms with E-state index in [4.69, 9.17) is 21.4 Å². The molecule has 0 aliphatic heterocycles. The molecule has 1 N–H and O–H groups in total. The number of aromatic nitrogens is 3. The minimum absolute atomic E-state index is 0.546. The Kier molecular flexibility index (Phi) is 2.41. The Balaban J connectivity index is 2.06. The maximum Gasteiger partial charge on any atom is 0.496 e. The quantitative estimate of drug-likeness (QED) is 0.571. The van der Waals surface area contributed by atoms with Crippen molar-refractivity contribution >= 4 is 28.6 Å². The first-order valence-electron chi connectivity index (χ1n) is 4.83. The minimum Gasteiger partial charge on any atom is -0.497 e. The van der Waals surface area contributed by atoms with Crippen LogP contribution >= 0.6 is 23.6 Å². The van der Waals surface area contributed by atoms with E-state index in [-0.39, 0.29) is 0 Å². The van der Waals surface area contributed by atoms with Crippen molar-refractivity contribution in [3.8, 4) is 17.2 Å². The van der Waals surface area contributed by atoms with E-state index in [1.165, 1.54) is 16.0 Å². The third-order valence-corrected chi connectivity index (χ3v) is 3.31. The summed E-state index contributed by atoms with van der Waals surface area (Å²) in [5.74, 6) is 1.35. The predicted molar refractivity (Wildman–Crippen MR) is 64.7 cm³/mol. The highest BCUT2D eigenvalue weighted by molar-refractivity contribution is 7.73. The molecule has 0 bridgehead atoms. The lowest BCUT2D eigenvalue weighted by Gasteiger charge is -1.97. The zero-order valence-electron chi connectivity index (χ0n) is 8.84. The molecule has 3 rings (SSSR count). The van der Waals surface area contributed by atoms with Crippen molar-refractivity contribution in [1.82, 2.24) is 10.2 Å². The molecule has 5 nitrogen and oxygen atoms in total. The molecule has 0 saturated carbocycles. The second-order valence-electron chi connectivity index (χ2n) is 3.31.